The second kappa shape index (κ2) is 7.65. The molecule has 0 bridgehead atoms. The molecule has 0 saturated carbocycles. The molecule has 0 radical (unpaired) electrons. The van der Waals surface area contributed by atoms with Crippen LogP contribution in [0.3, 0.4) is 0 Å². The molecular formula is C20H24N4O3. The first-order valence-electron chi connectivity index (χ1n) is 8.77. The van der Waals surface area contributed by atoms with Crippen LogP contribution in [0, 0.1) is 27.7 Å². The molecule has 27 heavy (non-hydrogen) atoms. The van der Waals surface area contributed by atoms with Crippen molar-refractivity contribution >= 4 is 5.91 Å². The Morgan fingerprint density at radius 3 is 2.70 bits per heavy atom. The lowest BCUT2D eigenvalue weighted by Gasteiger charge is -2.10. The van der Waals surface area contributed by atoms with E-state index in [1.54, 1.807) is 17.8 Å². The molecule has 0 aliphatic heterocycles. The predicted molar refractivity (Wildman–Crippen MR) is 101 cm³/mol. The fraction of sp³-hybridized carbons (Fsp3) is 0.350. The van der Waals surface area contributed by atoms with Gasteiger partial charge < -0.3 is 14.6 Å². The Kier molecular flexibility index (Phi) is 5.30. The standard InChI is InChI=1S/C20H24N4O3/c1-12-6-7-18(13(2)8-12)26-11-17-15(4)27-23-19(17)20(25)21-9-16-10-22-24(5)14(16)3/h6-8,10H,9,11H2,1-5H3,(H,21,25). The molecule has 0 fully saturated rings. The number of ether oxygens (including phenoxy) is 1. The Morgan fingerprint density at radius 1 is 1.26 bits per heavy atom. The second-order valence-corrected chi connectivity index (χ2v) is 6.69. The highest BCUT2D eigenvalue weighted by molar-refractivity contribution is 5.93. The zero-order valence-electron chi connectivity index (χ0n) is 16.3. The highest BCUT2D eigenvalue weighted by Gasteiger charge is 2.21. The molecule has 142 valence electrons. The first kappa shape index (κ1) is 18.7. The Hall–Kier alpha value is -3.09. The summed E-state index contributed by atoms with van der Waals surface area (Å²) in [5.74, 6) is 1.05. The Labute approximate surface area is 158 Å². The van der Waals surface area contributed by atoms with Crippen LogP contribution in [-0.4, -0.2) is 20.8 Å². The minimum Gasteiger partial charge on any atom is -0.488 e. The van der Waals surface area contributed by atoms with Crippen LogP contribution in [0.5, 0.6) is 5.75 Å². The van der Waals surface area contributed by atoms with Gasteiger partial charge in [-0.25, -0.2) is 0 Å². The van der Waals surface area contributed by atoms with Crippen molar-refractivity contribution in [1.29, 1.82) is 0 Å². The molecule has 0 aliphatic rings. The molecule has 1 aromatic carbocycles. The van der Waals surface area contributed by atoms with E-state index in [-0.39, 0.29) is 18.2 Å². The number of hydrogen-bond acceptors (Lipinski definition) is 5. The van der Waals surface area contributed by atoms with E-state index in [9.17, 15) is 4.79 Å². The maximum Gasteiger partial charge on any atom is 0.274 e. The average Bonchev–Trinajstić information content (AvgIpc) is 3.15. The van der Waals surface area contributed by atoms with Gasteiger partial charge in [-0.1, -0.05) is 22.9 Å². The lowest BCUT2D eigenvalue weighted by atomic mass is 10.1. The molecule has 2 heterocycles. The summed E-state index contributed by atoms with van der Waals surface area (Å²) in [6, 6.07) is 5.98. The van der Waals surface area contributed by atoms with E-state index >= 15 is 0 Å². The number of nitrogens with zero attached hydrogens (tertiary/aromatic N) is 3. The van der Waals surface area contributed by atoms with Crippen LogP contribution in [0.25, 0.3) is 0 Å². The SMILES string of the molecule is Cc1ccc(OCc2c(C(=O)NCc3cnn(C)c3C)noc2C)c(C)c1. The summed E-state index contributed by atoms with van der Waals surface area (Å²) in [5, 5.41) is 11.0. The van der Waals surface area contributed by atoms with E-state index in [4.69, 9.17) is 9.26 Å². The smallest absolute Gasteiger partial charge is 0.274 e. The van der Waals surface area contributed by atoms with E-state index in [1.165, 1.54) is 5.56 Å². The molecule has 3 aromatic rings. The fourth-order valence-corrected chi connectivity index (χ4v) is 2.83. The molecule has 0 spiro atoms. The maximum atomic E-state index is 12.6. The average molecular weight is 368 g/mol. The van der Waals surface area contributed by atoms with Crippen LogP contribution in [-0.2, 0) is 20.2 Å². The summed E-state index contributed by atoms with van der Waals surface area (Å²) < 4.78 is 12.9. The monoisotopic (exact) mass is 368 g/mol. The van der Waals surface area contributed by atoms with Gasteiger partial charge >= 0.3 is 0 Å². The predicted octanol–water partition coefficient (Wildman–Crippen LogP) is 3.15. The number of benzene rings is 1. The van der Waals surface area contributed by atoms with Crippen molar-refractivity contribution < 1.29 is 14.1 Å². The first-order valence-corrected chi connectivity index (χ1v) is 8.77. The Balaban J connectivity index is 1.70. The number of carbonyl (C=O) groups excluding carboxylic acids is 1. The highest BCUT2D eigenvalue weighted by atomic mass is 16.5. The second-order valence-electron chi connectivity index (χ2n) is 6.69. The molecule has 0 unspecified atom stereocenters. The summed E-state index contributed by atoms with van der Waals surface area (Å²) >= 11 is 0. The maximum absolute atomic E-state index is 12.6. The quantitative estimate of drug-likeness (QED) is 0.723. The van der Waals surface area contributed by atoms with Crippen LogP contribution in [0.15, 0.2) is 28.9 Å². The first-order chi connectivity index (χ1) is 12.9. The topological polar surface area (TPSA) is 82.2 Å². The van der Waals surface area contributed by atoms with E-state index in [0.29, 0.717) is 17.9 Å². The van der Waals surface area contributed by atoms with Crippen molar-refractivity contribution in [3.8, 4) is 5.75 Å². The number of rotatable bonds is 6. The molecule has 1 N–H and O–H groups in total. The van der Waals surface area contributed by atoms with Gasteiger partial charge in [0.25, 0.3) is 5.91 Å². The van der Waals surface area contributed by atoms with Crippen molar-refractivity contribution in [2.75, 3.05) is 0 Å². The molecule has 0 atom stereocenters. The van der Waals surface area contributed by atoms with E-state index in [1.807, 2.05) is 40.0 Å². The van der Waals surface area contributed by atoms with Gasteiger partial charge in [0.1, 0.15) is 18.1 Å². The van der Waals surface area contributed by atoms with Crippen LogP contribution in [0.1, 0.15) is 44.2 Å². The van der Waals surface area contributed by atoms with Gasteiger partial charge in [0.2, 0.25) is 0 Å². The van der Waals surface area contributed by atoms with Crippen LogP contribution >= 0.6 is 0 Å². The summed E-state index contributed by atoms with van der Waals surface area (Å²) in [5.41, 5.74) is 5.08. The number of aryl methyl sites for hydroxylation is 4. The van der Waals surface area contributed by atoms with Gasteiger partial charge in [-0.3, -0.25) is 9.48 Å². The van der Waals surface area contributed by atoms with E-state index < -0.39 is 0 Å². The number of hydrogen-bond donors (Lipinski definition) is 1. The number of carbonyl (C=O) groups is 1. The van der Waals surface area contributed by atoms with Crippen LogP contribution in [0.2, 0.25) is 0 Å². The normalized spacial score (nSPS) is 10.9. The summed E-state index contributed by atoms with van der Waals surface area (Å²) in [7, 11) is 1.87. The Bertz CT molecular complexity index is 972. The lowest BCUT2D eigenvalue weighted by molar-refractivity contribution is 0.0939. The fourth-order valence-electron chi connectivity index (χ4n) is 2.83. The van der Waals surface area contributed by atoms with Gasteiger partial charge in [0.15, 0.2) is 5.69 Å². The van der Waals surface area contributed by atoms with E-state index in [0.717, 1.165) is 22.6 Å². The third kappa shape index (κ3) is 4.02. The third-order valence-corrected chi connectivity index (χ3v) is 4.68. The number of nitrogens with one attached hydrogen (secondary N) is 1. The zero-order chi connectivity index (χ0) is 19.6. The van der Waals surface area contributed by atoms with Gasteiger partial charge in [-0.2, -0.15) is 5.10 Å². The summed E-state index contributed by atoms with van der Waals surface area (Å²) in [4.78, 5) is 12.6. The Morgan fingerprint density at radius 2 is 2.04 bits per heavy atom. The highest BCUT2D eigenvalue weighted by Crippen LogP contribution is 2.22. The molecule has 3 rings (SSSR count). The molecule has 7 nitrogen and oxygen atoms in total. The van der Waals surface area contributed by atoms with Gasteiger partial charge in [0, 0.05) is 24.8 Å². The largest absolute Gasteiger partial charge is 0.488 e. The molecule has 1 amide bonds. The summed E-state index contributed by atoms with van der Waals surface area (Å²) in [6.45, 7) is 8.35. The van der Waals surface area contributed by atoms with Crippen molar-refractivity contribution in [3.05, 3.63) is 63.8 Å². The molecule has 0 aliphatic carbocycles. The van der Waals surface area contributed by atoms with Crippen molar-refractivity contribution in [2.45, 2.75) is 40.8 Å². The third-order valence-electron chi connectivity index (χ3n) is 4.68. The summed E-state index contributed by atoms with van der Waals surface area (Å²) in [6.07, 6.45) is 1.74. The molecule has 0 saturated heterocycles. The number of amides is 1. The van der Waals surface area contributed by atoms with Gasteiger partial charge in [0.05, 0.1) is 11.8 Å². The molecule has 2 aromatic heterocycles. The van der Waals surface area contributed by atoms with E-state index in [2.05, 4.69) is 21.6 Å². The van der Waals surface area contributed by atoms with Crippen molar-refractivity contribution in [1.82, 2.24) is 20.3 Å². The van der Waals surface area contributed by atoms with Gasteiger partial charge in [-0.15, -0.1) is 0 Å². The van der Waals surface area contributed by atoms with Crippen LogP contribution in [0.4, 0.5) is 0 Å². The number of aromatic nitrogens is 3. The molecule has 7 heteroatoms. The molecular weight excluding hydrogens is 344 g/mol. The minimum atomic E-state index is -0.297. The van der Waals surface area contributed by atoms with Gasteiger partial charge in [-0.05, 0) is 39.3 Å². The lowest BCUT2D eigenvalue weighted by Crippen LogP contribution is -2.24. The minimum absolute atomic E-state index is 0.216. The van der Waals surface area contributed by atoms with Crippen molar-refractivity contribution in [2.24, 2.45) is 7.05 Å². The van der Waals surface area contributed by atoms with Crippen molar-refractivity contribution in [3.63, 3.8) is 0 Å². The zero-order valence-corrected chi connectivity index (χ0v) is 16.3. The van der Waals surface area contributed by atoms with Crippen LogP contribution < -0.4 is 10.1 Å².